The van der Waals surface area contributed by atoms with E-state index in [1.165, 1.54) is 11.0 Å². The highest BCUT2D eigenvalue weighted by atomic mass is 35.5. The van der Waals surface area contributed by atoms with E-state index in [4.69, 9.17) is 27.9 Å². The average Bonchev–Trinajstić information content (AvgIpc) is 3.12. The molecular weight excluding hydrogens is 512 g/mol. The predicted molar refractivity (Wildman–Crippen MR) is 131 cm³/mol. The van der Waals surface area contributed by atoms with Crippen molar-refractivity contribution < 1.29 is 28.3 Å². The monoisotopic (exact) mass is 541 g/mol. The Kier molecular flexibility index (Phi) is 7.53. The maximum Gasteiger partial charge on any atom is 0.261 e. The molecule has 196 valence electrons. The molecule has 0 bridgehead atoms. The lowest BCUT2D eigenvalue weighted by Gasteiger charge is -2.31. The van der Waals surface area contributed by atoms with Crippen molar-refractivity contribution in [1.82, 2.24) is 15.5 Å². The van der Waals surface area contributed by atoms with Crippen molar-refractivity contribution in [1.29, 1.82) is 0 Å². The highest BCUT2D eigenvalue weighted by molar-refractivity contribution is 6.35. The maximum absolute atomic E-state index is 13.5. The number of piperidine rings is 1. The molecule has 1 aromatic carbocycles. The zero-order chi connectivity index (χ0) is 26.4. The molecule has 1 aromatic rings. The normalized spacial score (nSPS) is 28.8. The van der Waals surface area contributed by atoms with Gasteiger partial charge in [0.2, 0.25) is 11.8 Å². The van der Waals surface area contributed by atoms with Crippen LogP contribution in [0.1, 0.15) is 27.2 Å². The Morgan fingerprint density at radius 3 is 2.64 bits per heavy atom. The lowest BCUT2D eigenvalue weighted by Crippen LogP contribution is -2.55. The minimum Gasteiger partial charge on any atom is -0.482 e. The van der Waals surface area contributed by atoms with Gasteiger partial charge in [-0.05, 0) is 47.8 Å². The fourth-order valence-corrected chi connectivity index (χ4v) is 6.13. The second kappa shape index (κ2) is 10.2. The number of hydrogen-bond donors (Lipinski definition) is 2. The number of Topliss-reactive ketones (excluding diaryl/α,β-unsaturated/α-hetero) is 1. The molecule has 8 nitrogen and oxygen atoms in total. The van der Waals surface area contributed by atoms with Crippen molar-refractivity contribution in [2.45, 2.75) is 39.3 Å². The van der Waals surface area contributed by atoms with Gasteiger partial charge < -0.3 is 20.3 Å². The van der Waals surface area contributed by atoms with Crippen LogP contribution in [-0.2, 0) is 19.2 Å². The third-order valence-corrected chi connectivity index (χ3v) is 8.52. The molecule has 2 aliphatic heterocycles. The summed E-state index contributed by atoms with van der Waals surface area (Å²) in [4.78, 5) is 52.6. The van der Waals surface area contributed by atoms with Crippen LogP contribution in [0.4, 0.5) is 4.39 Å². The molecule has 0 spiro atoms. The summed E-state index contributed by atoms with van der Waals surface area (Å²) in [5.74, 6) is -2.18. The van der Waals surface area contributed by atoms with Gasteiger partial charge in [0.25, 0.3) is 5.91 Å². The first-order valence-corrected chi connectivity index (χ1v) is 12.7. The van der Waals surface area contributed by atoms with E-state index in [1.54, 1.807) is 12.1 Å². The first-order chi connectivity index (χ1) is 16.9. The summed E-state index contributed by atoms with van der Waals surface area (Å²) in [6.07, 6.45) is 0.0117. The van der Waals surface area contributed by atoms with E-state index in [-0.39, 0.29) is 52.9 Å². The van der Waals surface area contributed by atoms with Crippen molar-refractivity contribution in [3.8, 4) is 5.75 Å². The number of benzene rings is 1. The van der Waals surface area contributed by atoms with E-state index in [1.807, 2.05) is 20.8 Å². The summed E-state index contributed by atoms with van der Waals surface area (Å²) >= 11 is 12.0. The smallest absolute Gasteiger partial charge is 0.261 e. The molecule has 2 heterocycles. The molecule has 1 saturated carbocycles. The van der Waals surface area contributed by atoms with Crippen LogP contribution in [0.15, 0.2) is 18.2 Å². The number of hydrogen-bond acceptors (Lipinski definition) is 5. The summed E-state index contributed by atoms with van der Waals surface area (Å²) in [7, 11) is 0. The number of nitrogens with one attached hydrogen (secondary N) is 2. The Hall–Kier alpha value is -2.39. The van der Waals surface area contributed by atoms with Gasteiger partial charge in [0, 0.05) is 24.0 Å². The molecule has 1 aliphatic carbocycles. The van der Waals surface area contributed by atoms with E-state index in [9.17, 15) is 23.6 Å². The van der Waals surface area contributed by atoms with Gasteiger partial charge in [-0.3, -0.25) is 19.2 Å². The van der Waals surface area contributed by atoms with Crippen LogP contribution in [0.5, 0.6) is 5.75 Å². The summed E-state index contributed by atoms with van der Waals surface area (Å²) in [6, 6.07) is 2.66. The number of carbonyl (C=O) groups is 4. The Bertz CT molecular complexity index is 1080. The van der Waals surface area contributed by atoms with Crippen molar-refractivity contribution in [2.75, 3.05) is 26.4 Å². The molecule has 3 fully saturated rings. The summed E-state index contributed by atoms with van der Waals surface area (Å²) in [5, 5.41) is 6.09. The zero-order valence-corrected chi connectivity index (χ0v) is 21.9. The Balaban J connectivity index is 1.47. The summed E-state index contributed by atoms with van der Waals surface area (Å²) < 4.78 is 18.9. The first kappa shape index (κ1) is 26.7. The van der Waals surface area contributed by atoms with E-state index < -0.39 is 42.3 Å². The van der Waals surface area contributed by atoms with Gasteiger partial charge in [-0.15, -0.1) is 0 Å². The number of alkyl halides is 1. The Morgan fingerprint density at radius 1 is 1.31 bits per heavy atom. The third-order valence-electron chi connectivity index (χ3n) is 7.99. The van der Waals surface area contributed by atoms with Crippen LogP contribution in [0.25, 0.3) is 0 Å². The van der Waals surface area contributed by atoms with E-state index >= 15 is 0 Å². The summed E-state index contributed by atoms with van der Waals surface area (Å²) in [5.41, 5.74) is -0.154. The van der Waals surface area contributed by atoms with Crippen molar-refractivity contribution in [3.05, 3.63) is 28.2 Å². The Labute approximate surface area is 219 Å². The first-order valence-electron chi connectivity index (χ1n) is 12.0. The van der Waals surface area contributed by atoms with Gasteiger partial charge in [-0.1, -0.05) is 44.0 Å². The molecule has 36 heavy (non-hydrogen) atoms. The van der Waals surface area contributed by atoms with Gasteiger partial charge in [-0.25, -0.2) is 4.39 Å². The molecule has 2 N–H and O–H groups in total. The SMILES string of the molecule is CC1CNC(=O)[C@@H]1C[C@H](NC(=O)[C@@H]1[C@@H]2[C@H](CN1C(=O)COc1ccc(Cl)cc1Cl)C2(C)C)C(=O)CF. The molecule has 3 aliphatic rings. The molecule has 0 aromatic heterocycles. The van der Waals surface area contributed by atoms with Gasteiger partial charge >= 0.3 is 0 Å². The minimum atomic E-state index is -1.26. The van der Waals surface area contributed by atoms with Gasteiger partial charge in [0.1, 0.15) is 18.5 Å². The molecule has 3 amide bonds. The van der Waals surface area contributed by atoms with Gasteiger partial charge in [-0.2, -0.15) is 0 Å². The van der Waals surface area contributed by atoms with Gasteiger partial charge in [0.05, 0.1) is 11.1 Å². The lowest BCUT2D eigenvalue weighted by molar-refractivity contribution is -0.142. The van der Waals surface area contributed by atoms with Crippen LogP contribution in [0.3, 0.4) is 0 Å². The number of likely N-dealkylation sites (tertiary alicyclic amines) is 1. The summed E-state index contributed by atoms with van der Waals surface area (Å²) in [6.45, 7) is 5.17. The van der Waals surface area contributed by atoms with Crippen molar-refractivity contribution in [3.63, 3.8) is 0 Å². The standard InChI is InChI=1S/C25H30Cl2FN3O5/c1-12-9-29-23(34)14(12)7-17(18(32)8-28)30-24(35)22-21-15(25(21,2)3)10-31(22)20(33)11-36-19-5-4-13(26)6-16(19)27/h4-6,12,14-15,17,21-22H,7-11H2,1-3H3,(H,29,34)(H,30,35)/t12?,14-,15+,17+,21+,22+/m1/s1. The average molecular weight is 542 g/mol. The molecule has 1 unspecified atom stereocenters. The quantitative estimate of drug-likeness (QED) is 0.500. The predicted octanol–water partition coefficient (Wildman–Crippen LogP) is 2.65. The van der Waals surface area contributed by atoms with Crippen molar-refractivity contribution in [2.24, 2.45) is 29.1 Å². The number of fused-ring (bicyclic) bond motifs is 1. The largest absolute Gasteiger partial charge is 0.482 e. The number of nitrogens with zero attached hydrogens (tertiary/aromatic N) is 1. The molecule has 2 saturated heterocycles. The highest BCUT2D eigenvalue weighted by Gasteiger charge is 2.69. The number of ketones is 1. The van der Waals surface area contributed by atoms with E-state index in [2.05, 4.69) is 10.6 Å². The fraction of sp³-hybridized carbons (Fsp3) is 0.600. The number of amides is 3. The van der Waals surface area contributed by atoms with Crippen LogP contribution in [-0.4, -0.2) is 66.9 Å². The third kappa shape index (κ3) is 5.05. The van der Waals surface area contributed by atoms with Crippen molar-refractivity contribution >= 4 is 46.7 Å². The van der Waals surface area contributed by atoms with E-state index in [0.29, 0.717) is 18.1 Å². The number of carbonyl (C=O) groups excluding carboxylic acids is 4. The number of ether oxygens (including phenoxy) is 1. The van der Waals surface area contributed by atoms with Crippen LogP contribution < -0.4 is 15.4 Å². The van der Waals surface area contributed by atoms with Crippen LogP contribution in [0, 0.1) is 29.1 Å². The molecule has 11 heteroatoms. The maximum atomic E-state index is 13.5. The number of halogens is 3. The molecule has 0 radical (unpaired) electrons. The molecule has 4 rings (SSSR count). The fourth-order valence-electron chi connectivity index (χ4n) is 5.67. The zero-order valence-electron chi connectivity index (χ0n) is 20.4. The highest BCUT2D eigenvalue weighted by Crippen LogP contribution is 2.64. The minimum absolute atomic E-state index is 0.0117. The number of rotatable bonds is 9. The van der Waals surface area contributed by atoms with Crippen LogP contribution in [0.2, 0.25) is 10.0 Å². The second-order valence-corrected chi connectivity index (χ2v) is 11.4. The molecular formula is C25H30Cl2FN3O5. The van der Waals surface area contributed by atoms with E-state index in [0.717, 1.165) is 0 Å². The van der Waals surface area contributed by atoms with Crippen LogP contribution >= 0.6 is 23.2 Å². The molecule has 6 atom stereocenters. The topological polar surface area (TPSA) is 105 Å². The lowest BCUT2D eigenvalue weighted by atomic mass is 9.89. The Morgan fingerprint density at radius 2 is 2.03 bits per heavy atom. The van der Waals surface area contributed by atoms with Gasteiger partial charge in [0.15, 0.2) is 12.4 Å². The second-order valence-electron chi connectivity index (χ2n) is 10.5.